The first-order valence-electron chi connectivity index (χ1n) is 4.55. The van der Waals surface area contributed by atoms with Gasteiger partial charge in [-0.2, -0.15) is 0 Å². The topological polar surface area (TPSA) is 63.6 Å². The van der Waals surface area contributed by atoms with Crippen LogP contribution in [0, 0.1) is 0 Å². The van der Waals surface area contributed by atoms with Gasteiger partial charge in [0.05, 0.1) is 12.2 Å². The molecule has 4 heteroatoms. The summed E-state index contributed by atoms with van der Waals surface area (Å²) in [5.74, 6) is -0.598. The third-order valence-corrected chi connectivity index (χ3v) is 1.87. The number of ether oxygens (including phenoxy) is 1. The van der Waals surface area contributed by atoms with E-state index in [9.17, 15) is 9.59 Å². The second-order valence-electron chi connectivity index (χ2n) is 3.10. The Morgan fingerprint density at radius 2 is 2.20 bits per heavy atom. The molecule has 1 unspecified atom stereocenters. The molecule has 1 N–H and O–H groups in total. The van der Waals surface area contributed by atoms with Crippen molar-refractivity contribution in [1.82, 2.24) is 0 Å². The molecule has 1 rings (SSSR count). The van der Waals surface area contributed by atoms with Gasteiger partial charge in [-0.25, -0.2) is 4.79 Å². The Kier molecular flexibility index (Phi) is 4.00. The van der Waals surface area contributed by atoms with Crippen LogP contribution in [-0.4, -0.2) is 30.1 Å². The smallest absolute Gasteiger partial charge is 0.339 e. The first kappa shape index (κ1) is 11.4. The molecule has 0 aromatic heterocycles. The number of aliphatic hydroxyl groups excluding tert-OH is 1. The number of carbonyl (C=O) groups is 2. The summed E-state index contributed by atoms with van der Waals surface area (Å²) < 4.78 is 4.88. The summed E-state index contributed by atoms with van der Waals surface area (Å²) in [4.78, 5) is 22.1. The van der Waals surface area contributed by atoms with Crippen LogP contribution in [0.5, 0.6) is 0 Å². The van der Waals surface area contributed by atoms with Gasteiger partial charge < -0.3 is 9.84 Å². The maximum absolute atomic E-state index is 11.5. The highest BCUT2D eigenvalue weighted by molar-refractivity contribution is 5.98. The van der Waals surface area contributed by atoms with Crippen molar-refractivity contribution >= 4 is 12.3 Å². The van der Waals surface area contributed by atoms with E-state index < -0.39 is 12.1 Å². The zero-order valence-electron chi connectivity index (χ0n) is 8.34. The minimum atomic E-state index is -0.598. The predicted octanol–water partition coefficient (Wildman–Crippen LogP) is 1.04. The molecule has 15 heavy (non-hydrogen) atoms. The van der Waals surface area contributed by atoms with Crippen molar-refractivity contribution in [3.8, 4) is 0 Å². The first-order valence-corrected chi connectivity index (χ1v) is 4.55. The zero-order chi connectivity index (χ0) is 11.3. The molecule has 0 saturated heterocycles. The summed E-state index contributed by atoms with van der Waals surface area (Å²) in [6.07, 6.45) is 0.0254. The van der Waals surface area contributed by atoms with Gasteiger partial charge in [0.2, 0.25) is 0 Å². The Balaban J connectivity index is 2.86. The van der Waals surface area contributed by atoms with Crippen molar-refractivity contribution in [2.75, 3.05) is 6.61 Å². The van der Waals surface area contributed by atoms with Crippen LogP contribution in [0.15, 0.2) is 24.3 Å². The zero-order valence-corrected chi connectivity index (χ0v) is 8.34. The number of aliphatic hydroxyl groups is 1. The Morgan fingerprint density at radius 1 is 1.53 bits per heavy atom. The van der Waals surface area contributed by atoms with Crippen LogP contribution in [0.3, 0.4) is 0 Å². The van der Waals surface area contributed by atoms with E-state index in [4.69, 9.17) is 9.84 Å². The number of rotatable bonds is 4. The van der Waals surface area contributed by atoms with E-state index >= 15 is 0 Å². The summed E-state index contributed by atoms with van der Waals surface area (Å²) in [7, 11) is 0. The van der Waals surface area contributed by atoms with E-state index in [2.05, 4.69) is 0 Å². The average Bonchev–Trinajstić information content (AvgIpc) is 2.28. The van der Waals surface area contributed by atoms with Crippen LogP contribution in [0.2, 0.25) is 0 Å². The molecule has 0 spiro atoms. The van der Waals surface area contributed by atoms with E-state index in [1.165, 1.54) is 12.1 Å². The highest BCUT2D eigenvalue weighted by atomic mass is 16.5. The van der Waals surface area contributed by atoms with Crippen molar-refractivity contribution < 1.29 is 19.4 Å². The van der Waals surface area contributed by atoms with Gasteiger partial charge in [-0.3, -0.25) is 4.79 Å². The monoisotopic (exact) mass is 208 g/mol. The van der Waals surface area contributed by atoms with E-state index in [-0.39, 0.29) is 17.7 Å². The lowest BCUT2D eigenvalue weighted by Gasteiger charge is -2.10. The number of carbonyl (C=O) groups excluding carboxylic acids is 2. The Bertz CT molecular complexity index is 359. The molecule has 80 valence electrons. The van der Waals surface area contributed by atoms with Crippen LogP contribution >= 0.6 is 0 Å². The van der Waals surface area contributed by atoms with Gasteiger partial charge in [0.25, 0.3) is 0 Å². The Hall–Kier alpha value is -1.68. The summed E-state index contributed by atoms with van der Waals surface area (Å²) in [6.45, 7) is 1.33. The third-order valence-electron chi connectivity index (χ3n) is 1.87. The highest BCUT2D eigenvalue weighted by Gasteiger charge is 2.14. The van der Waals surface area contributed by atoms with Crippen molar-refractivity contribution in [3.05, 3.63) is 35.4 Å². The first-order chi connectivity index (χ1) is 7.19. The predicted molar refractivity (Wildman–Crippen MR) is 53.8 cm³/mol. The second-order valence-corrected chi connectivity index (χ2v) is 3.10. The SMILES string of the molecule is CC(CO)OC(=O)c1ccccc1C=O. The molecule has 0 radical (unpaired) electrons. The van der Waals surface area contributed by atoms with Crippen LogP contribution < -0.4 is 0 Å². The van der Waals surface area contributed by atoms with Gasteiger partial charge in [-0.15, -0.1) is 0 Å². The maximum atomic E-state index is 11.5. The molecule has 1 aromatic rings. The fraction of sp³-hybridized carbons (Fsp3) is 0.273. The molecular formula is C11H12O4. The van der Waals surface area contributed by atoms with Gasteiger partial charge >= 0.3 is 5.97 Å². The largest absolute Gasteiger partial charge is 0.457 e. The van der Waals surface area contributed by atoms with Crippen molar-refractivity contribution in [3.63, 3.8) is 0 Å². The molecule has 4 nitrogen and oxygen atoms in total. The summed E-state index contributed by atoms with van der Waals surface area (Å²) >= 11 is 0. The standard InChI is InChI=1S/C11H12O4/c1-8(6-12)15-11(14)10-5-3-2-4-9(10)7-13/h2-5,7-8,12H,6H2,1H3. The van der Waals surface area contributed by atoms with Crippen molar-refractivity contribution in [2.45, 2.75) is 13.0 Å². The second kappa shape index (κ2) is 5.26. The summed E-state index contributed by atoms with van der Waals surface area (Å²) in [6, 6.07) is 6.35. The number of aldehydes is 1. The lowest BCUT2D eigenvalue weighted by atomic mass is 10.1. The highest BCUT2D eigenvalue weighted by Crippen LogP contribution is 2.09. The molecule has 1 atom stereocenters. The van der Waals surface area contributed by atoms with Crippen molar-refractivity contribution in [1.29, 1.82) is 0 Å². The van der Waals surface area contributed by atoms with E-state index in [1.54, 1.807) is 19.1 Å². The summed E-state index contributed by atoms with van der Waals surface area (Å²) in [5, 5.41) is 8.71. The van der Waals surface area contributed by atoms with Crippen LogP contribution in [0.1, 0.15) is 27.6 Å². The molecule has 0 aliphatic heterocycles. The van der Waals surface area contributed by atoms with E-state index in [0.29, 0.717) is 6.29 Å². The molecule has 0 bridgehead atoms. The number of esters is 1. The fourth-order valence-electron chi connectivity index (χ4n) is 1.07. The number of hydrogen-bond donors (Lipinski definition) is 1. The van der Waals surface area contributed by atoms with Crippen LogP contribution in [0.25, 0.3) is 0 Å². The lowest BCUT2D eigenvalue weighted by Crippen LogP contribution is -2.19. The molecule has 0 amide bonds. The maximum Gasteiger partial charge on any atom is 0.339 e. The van der Waals surface area contributed by atoms with Gasteiger partial charge in [-0.05, 0) is 13.0 Å². The molecule has 0 aliphatic rings. The molecular weight excluding hydrogens is 196 g/mol. The van der Waals surface area contributed by atoms with E-state index in [0.717, 1.165) is 0 Å². The minimum Gasteiger partial charge on any atom is -0.457 e. The van der Waals surface area contributed by atoms with Gasteiger partial charge in [0, 0.05) is 5.56 Å². The molecule has 0 saturated carbocycles. The average molecular weight is 208 g/mol. The lowest BCUT2D eigenvalue weighted by molar-refractivity contribution is 0.0195. The van der Waals surface area contributed by atoms with Crippen molar-refractivity contribution in [2.24, 2.45) is 0 Å². The quantitative estimate of drug-likeness (QED) is 0.593. The molecule has 1 aromatic carbocycles. The Labute approximate surface area is 87.5 Å². The van der Waals surface area contributed by atoms with Crippen LogP contribution in [-0.2, 0) is 4.74 Å². The molecule has 0 heterocycles. The minimum absolute atomic E-state index is 0.216. The third kappa shape index (κ3) is 2.89. The Morgan fingerprint density at radius 3 is 2.80 bits per heavy atom. The number of benzene rings is 1. The number of hydrogen-bond acceptors (Lipinski definition) is 4. The summed E-state index contributed by atoms with van der Waals surface area (Å²) in [5.41, 5.74) is 0.500. The van der Waals surface area contributed by atoms with Gasteiger partial charge in [0.15, 0.2) is 6.29 Å². The molecule has 0 fully saturated rings. The van der Waals surface area contributed by atoms with E-state index in [1.807, 2.05) is 0 Å². The molecule has 0 aliphatic carbocycles. The van der Waals surface area contributed by atoms with Gasteiger partial charge in [0.1, 0.15) is 6.10 Å². The van der Waals surface area contributed by atoms with Crippen LogP contribution in [0.4, 0.5) is 0 Å². The normalized spacial score (nSPS) is 11.9. The fourth-order valence-corrected chi connectivity index (χ4v) is 1.07. The van der Waals surface area contributed by atoms with Gasteiger partial charge in [-0.1, -0.05) is 18.2 Å².